The lowest BCUT2D eigenvalue weighted by Gasteiger charge is -2.28. The van der Waals surface area contributed by atoms with Crippen molar-refractivity contribution in [3.05, 3.63) is 30.1 Å². The zero-order chi connectivity index (χ0) is 13.2. The molecule has 18 heavy (non-hydrogen) atoms. The molecular weight excluding hydrogens is 255 g/mol. The summed E-state index contributed by atoms with van der Waals surface area (Å²) in [4.78, 5) is 0. The summed E-state index contributed by atoms with van der Waals surface area (Å²) in [6.45, 7) is 1.38. The number of sulfonamides is 1. The van der Waals surface area contributed by atoms with E-state index in [1.807, 2.05) is 0 Å². The molecule has 6 heteroatoms. The molecule has 0 amide bonds. The highest BCUT2D eigenvalue weighted by Crippen LogP contribution is 2.25. The zero-order valence-electron chi connectivity index (χ0n) is 10.3. The Morgan fingerprint density at radius 3 is 2.50 bits per heavy atom. The van der Waals surface area contributed by atoms with Gasteiger partial charge in [0.2, 0.25) is 10.0 Å². The highest BCUT2D eigenvalue weighted by atomic mass is 32.2. The van der Waals surface area contributed by atoms with E-state index in [9.17, 15) is 12.8 Å². The largest absolute Gasteiger partial charge is 0.317 e. The lowest BCUT2D eigenvalue weighted by Crippen LogP contribution is -2.42. The molecule has 0 saturated carbocycles. The van der Waals surface area contributed by atoms with Crippen molar-refractivity contribution in [3.8, 4) is 0 Å². The van der Waals surface area contributed by atoms with Crippen molar-refractivity contribution < 1.29 is 12.8 Å². The number of hydrogen-bond donors (Lipinski definition) is 1. The minimum atomic E-state index is -3.48. The topological polar surface area (TPSA) is 49.4 Å². The lowest BCUT2D eigenvalue weighted by molar-refractivity contribution is 0.495. The number of nitrogens with zero attached hydrogens (tertiary/aromatic N) is 1. The predicted octanol–water partition coefficient (Wildman–Crippen LogP) is 1.34. The summed E-state index contributed by atoms with van der Waals surface area (Å²) >= 11 is 0. The van der Waals surface area contributed by atoms with Crippen molar-refractivity contribution in [3.63, 3.8) is 0 Å². The first-order valence-electron chi connectivity index (χ1n) is 5.96. The minimum Gasteiger partial charge on any atom is -0.317 e. The van der Waals surface area contributed by atoms with Crippen LogP contribution in [0, 0.1) is 5.82 Å². The third kappa shape index (κ3) is 2.49. The molecule has 1 fully saturated rings. The van der Waals surface area contributed by atoms with Gasteiger partial charge in [0.05, 0.1) is 10.9 Å². The second-order valence-electron chi connectivity index (χ2n) is 4.41. The van der Waals surface area contributed by atoms with Gasteiger partial charge in [-0.15, -0.1) is 0 Å². The van der Waals surface area contributed by atoms with Gasteiger partial charge in [0.15, 0.2) is 0 Å². The van der Waals surface area contributed by atoms with Crippen LogP contribution in [-0.2, 0) is 10.0 Å². The normalized spacial score (nSPS) is 17.7. The van der Waals surface area contributed by atoms with Crippen molar-refractivity contribution in [2.45, 2.75) is 18.1 Å². The SMILES string of the molecule is CN(c1ccccc1F)S(=O)(=O)C1CCNCC1. The first-order chi connectivity index (χ1) is 8.53. The Bertz CT molecular complexity index is 513. The second kappa shape index (κ2) is 5.24. The molecule has 1 heterocycles. The van der Waals surface area contributed by atoms with Crippen molar-refractivity contribution in [1.82, 2.24) is 5.32 Å². The Morgan fingerprint density at radius 2 is 1.89 bits per heavy atom. The number of benzene rings is 1. The average Bonchev–Trinajstić information content (AvgIpc) is 2.39. The van der Waals surface area contributed by atoms with Gasteiger partial charge in [0.1, 0.15) is 5.82 Å². The van der Waals surface area contributed by atoms with Crippen molar-refractivity contribution >= 4 is 15.7 Å². The molecule has 0 radical (unpaired) electrons. The summed E-state index contributed by atoms with van der Waals surface area (Å²) in [6, 6.07) is 5.93. The summed E-state index contributed by atoms with van der Waals surface area (Å²) < 4.78 is 39.4. The molecule has 0 aromatic heterocycles. The highest BCUT2D eigenvalue weighted by molar-refractivity contribution is 7.93. The quantitative estimate of drug-likeness (QED) is 0.903. The first-order valence-corrected chi connectivity index (χ1v) is 7.47. The van der Waals surface area contributed by atoms with Crippen LogP contribution in [-0.4, -0.2) is 33.8 Å². The third-order valence-corrected chi connectivity index (χ3v) is 5.55. The lowest BCUT2D eigenvalue weighted by atomic mass is 10.2. The van der Waals surface area contributed by atoms with Crippen LogP contribution >= 0.6 is 0 Å². The molecule has 1 aliphatic rings. The standard InChI is InChI=1S/C12H17FN2O2S/c1-15(12-5-3-2-4-11(12)13)18(16,17)10-6-8-14-9-7-10/h2-5,10,14H,6-9H2,1H3. The zero-order valence-corrected chi connectivity index (χ0v) is 11.1. The Balaban J connectivity index is 2.27. The highest BCUT2D eigenvalue weighted by Gasteiger charge is 2.31. The Morgan fingerprint density at radius 1 is 1.28 bits per heavy atom. The van der Waals surface area contributed by atoms with E-state index in [4.69, 9.17) is 0 Å². The number of anilines is 1. The number of piperidine rings is 1. The molecule has 1 saturated heterocycles. The predicted molar refractivity (Wildman–Crippen MR) is 69.6 cm³/mol. The number of hydrogen-bond acceptors (Lipinski definition) is 3. The van der Waals surface area contributed by atoms with Gasteiger partial charge in [-0.25, -0.2) is 12.8 Å². The summed E-state index contributed by atoms with van der Waals surface area (Å²) in [5.41, 5.74) is 0.107. The maximum atomic E-state index is 13.6. The summed E-state index contributed by atoms with van der Waals surface area (Å²) in [7, 11) is -2.07. The molecule has 2 rings (SSSR count). The molecule has 0 atom stereocenters. The van der Waals surface area contributed by atoms with E-state index in [0.717, 1.165) is 4.31 Å². The fourth-order valence-corrected chi connectivity index (χ4v) is 3.86. The molecule has 1 N–H and O–H groups in total. The van der Waals surface area contributed by atoms with E-state index < -0.39 is 21.1 Å². The van der Waals surface area contributed by atoms with E-state index in [-0.39, 0.29) is 5.69 Å². The number of rotatable bonds is 3. The molecule has 0 aliphatic carbocycles. The minimum absolute atomic E-state index is 0.107. The van der Waals surface area contributed by atoms with E-state index in [2.05, 4.69) is 5.32 Å². The van der Waals surface area contributed by atoms with Gasteiger partial charge in [-0.1, -0.05) is 12.1 Å². The van der Waals surface area contributed by atoms with E-state index in [1.54, 1.807) is 12.1 Å². The van der Waals surface area contributed by atoms with Gasteiger partial charge in [0, 0.05) is 7.05 Å². The Labute approximate surface area is 107 Å². The summed E-state index contributed by atoms with van der Waals surface area (Å²) in [5.74, 6) is -0.516. The molecule has 0 unspecified atom stereocenters. The molecule has 4 nitrogen and oxygen atoms in total. The van der Waals surface area contributed by atoms with Crippen molar-refractivity contribution in [2.75, 3.05) is 24.4 Å². The van der Waals surface area contributed by atoms with Crippen molar-refractivity contribution in [2.24, 2.45) is 0 Å². The van der Waals surface area contributed by atoms with Gasteiger partial charge >= 0.3 is 0 Å². The number of halogens is 1. The molecule has 100 valence electrons. The van der Waals surface area contributed by atoms with Gasteiger partial charge in [-0.3, -0.25) is 4.31 Å². The Kier molecular flexibility index (Phi) is 3.87. The second-order valence-corrected chi connectivity index (χ2v) is 6.66. The van der Waals surface area contributed by atoms with Crippen LogP contribution in [0.2, 0.25) is 0 Å². The summed E-state index contributed by atoms with van der Waals surface area (Å²) in [5, 5.41) is 2.69. The third-order valence-electron chi connectivity index (χ3n) is 3.28. The van der Waals surface area contributed by atoms with Crippen LogP contribution in [0.4, 0.5) is 10.1 Å². The molecular formula is C12H17FN2O2S. The van der Waals surface area contributed by atoms with Crippen LogP contribution < -0.4 is 9.62 Å². The molecule has 0 bridgehead atoms. The van der Waals surface area contributed by atoms with Crippen LogP contribution in [0.5, 0.6) is 0 Å². The summed E-state index contributed by atoms with van der Waals surface area (Å²) in [6.07, 6.45) is 1.14. The molecule has 1 aromatic carbocycles. The number of nitrogens with one attached hydrogen (secondary N) is 1. The number of para-hydroxylation sites is 1. The fourth-order valence-electron chi connectivity index (χ4n) is 2.16. The smallest absolute Gasteiger partial charge is 0.237 e. The fraction of sp³-hybridized carbons (Fsp3) is 0.500. The van der Waals surface area contributed by atoms with E-state index in [1.165, 1.54) is 19.2 Å². The molecule has 0 spiro atoms. The van der Waals surface area contributed by atoms with Crippen molar-refractivity contribution in [1.29, 1.82) is 0 Å². The van der Waals surface area contributed by atoms with Crippen LogP contribution in [0.1, 0.15) is 12.8 Å². The van der Waals surface area contributed by atoms with Crippen LogP contribution in [0.25, 0.3) is 0 Å². The average molecular weight is 272 g/mol. The van der Waals surface area contributed by atoms with E-state index >= 15 is 0 Å². The Hall–Kier alpha value is -1.14. The van der Waals surface area contributed by atoms with Gasteiger partial charge < -0.3 is 5.32 Å². The maximum absolute atomic E-state index is 13.6. The van der Waals surface area contributed by atoms with Crippen LogP contribution in [0.15, 0.2) is 24.3 Å². The van der Waals surface area contributed by atoms with Gasteiger partial charge in [-0.2, -0.15) is 0 Å². The van der Waals surface area contributed by atoms with E-state index in [0.29, 0.717) is 25.9 Å². The molecule has 1 aliphatic heterocycles. The van der Waals surface area contributed by atoms with Crippen LogP contribution in [0.3, 0.4) is 0 Å². The molecule has 1 aromatic rings. The van der Waals surface area contributed by atoms with Gasteiger partial charge in [0.25, 0.3) is 0 Å². The maximum Gasteiger partial charge on any atom is 0.237 e. The van der Waals surface area contributed by atoms with Gasteiger partial charge in [-0.05, 0) is 38.1 Å². The first kappa shape index (κ1) is 13.3. The monoisotopic (exact) mass is 272 g/mol.